The molecule has 0 radical (unpaired) electrons. The first-order valence-electron chi connectivity index (χ1n) is 4.51. The third-order valence-corrected chi connectivity index (χ3v) is 2.19. The van der Waals surface area contributed by atoms with Crippen LogP contribution in [0.5, 0.6) is 0 Å². The first kappa shape index (κ1) is 13.4. The Balaban J connectivity index is 2.85. The molecule has 7 heteroatoms. The van der Waals surface area contributed by atoms with Gasteiger partial charge in [-0.05, 0) is 29.9 Å². The lowest BCUT2D eigenvalue weighted by molar-refractivity contribution is 0.0601. The number of hydrazone groups is 1. The predicted octanol–water partition coefficient (Wildman–Crippen LogP) is 1.29. The number of thiocarbonyl (C=S) groups is 1. The van der Waals surface area contributed by atoms with E-state index in [-0.39, 0.29) is 10.1 Å². The molecule has 0 saturated heterocycles. The summed E-state index contributed by atoms with van der Waals surface area (Å²) in [6.07, 6.45) is 1.48. The molecule has 1 aromatic carbocycles. The van der Waals surface area contributed by atoms with Crippen LogP contribution in [0, 0.1) is 0 Å². The molecular formula is C10H10ClN3O2S. The number of carbonyl (C=O) groups excluding carboxylic acids is 1. The number of halogens is 1. The lowest BCUT2D eigenvalue weighted by Gasteiger charge is -2.02. The van der Waals surface area contributed by atoms with E-state index in [1.165, 1.54) is 13.3 Å². The van der Waals surface area contributed by atoms with E-state index in [0.717, 1.165) is 0 Å². The van der Waals surface area contributed by atoms with Crippen LogP contribution < -0.4 is 11.2 Å². The standard InChI is InChI=1S/C10H10ClN3O2S/c1-16-9(15)7-3-2-6(4-8(7)11)5-13-14-10(12)17/h2-5H,1H3,(H3,12,14,17). The predicted molar refractivity (Wildman–Crippen MR) is 70.3 cm³/mol. The summed E-state index contributed by atoms with van der Waals surface area (Å²) in [5, 5.41) is 4.12. The molecule has 0 aliphatic rings. The van der Waals surface area contributed by atoms with E-state index in [9.17, 15) is 4.79 Å². The van der Waals surface area contributed by atoms with Gasteiger partial charge in [-0.3, -0.25) is 5.43 Å². The number of benzene rings is 1. The van der Waals surface area contributed by atoms with Crippen molar-refractivity contribution in [2.75, 3.05) is 7.11 Å². The molecule has 0 aromatic heterocycles. The van der Waals surface area contributed by atoms with Crippen LogP contribution in [0.1, 0.15) is 15.9 Å². The molecule has 0 bridgehead atoms. The maximum Gasteiger partial charge on any atom is 0.339 e. The average Bonchev–Trinajstić information content (AvgIpc) is 2.28. The summed E-state index contributed by atoms with van der Waals surface area (Å²) in [6, 6.07) is 4.80. The number of nitrogens with one attached hydrogen (secondary N) is 1. The Morgan fingerprint density at radius 1 is 1.65 bits per heavy atom. The Morgan fingerprint density at radius 3 is 2.88 bits per heavy atom. The summed E-state index contributed by atoms with van der Waals surface area (Å²) in [6.45, 7) is 0. The lowest BCUT2D eigenvalue weighted by Crippen LogP contribution is -2.23. The SMILES string of the molecule is COC(=O)c1ccc(C=NNC(N)=S)cc1Cl. The van der Waals surface area contributed by atoms with Crippen molar-refractivity contribution in [1.82, 2.24) is 5.43 Å². The zero-order valence-electron chi connectivity index (χ0n) is 8.94. The average molecular weight is 272 g/mol. The molecule has 3 N–H and O–H groups in total. The molecule has 0 unspecified atom stereocenters. The molecule has 5 nitrogen and oxygen atoms in total. The van der Waals surface area contributed by atoms with Crippen LogP contribution >= 0.6 is 23.8 Å². The molecule has 1 aromatic rings. The van der Waals surface area contributed by atoms with Gasteiger partial charge < -0.3 is 10.5 Å². The van der Waals surface area contributed by atoms with Gasteiger partial charge in [0.25, 0.3) is 0 Å². The molecule has 0 amide bonds. The molecule has 90 valence electrons. The molecular weight excluding hydrogens is 262 g/mol. The number of nitrogens with zero attached hydrogens (tertiary/aromatic N) is 1. The van der Waals surface area contributed by atoms with E-state index in [1.54, 1.807) is 18.2 Å². The minimum absolute atomic E-state index is 0.0681. The van der Waals surface area contributed by atoms with Gasteiger partial charge in [0.15, 0.2) is 5.11 Å². The van der Waals surface area contributed by atoms with Crippen molar-refractivity contribution in [1.29, 1.82) is 0 Å². The van der Waals surface area contributed by atoms with Crippen LogP contribution in [-0.4, -0.2) is 24.4 Å². The monoisotopic (exact) mass is 271 g/mol. The number of hydrogen-bond acceptors (Lipinski definition) is 4. The lowest BCUT2D eigenvalue weighted by atomic mass is 10.1. The van der Waals surface area contributed by atoms with Crippen molar-refractivity contribution >= 4 is 41.1 Å². The number of ether oxygens (including phenoxy) is 1. The summed E-state index contributed by atoms with van der Waals surface area (Å²) in [7, 11) is 1.29. The van der Waals surface area contributed by atoms with Gasteiger partial charge in [0.2, 0.25) is 0 Å². The Morgan fingerprint density at radius 2 is 2.35 bits per heavy atom. The highest BCUT2D eigenvalue weighted by atomic mass is 35.5. The van der Waals surface area contributed by atoms with Crippen molar-refractivity contribution in [3.05, 3.63) is 34.3 Å². The maximum atomic E-state index is 11.3. The second kappa shape index (κ2) is 6.17. The topological polar surface area (TPSA) is 76.7 Å². The molecule has 0 saturated carbocycles. The van der Waals surface area contributed by atoms with Crippen molar-refractivity contribution in [2.45, 2.75) is 0 Å². The van der Waals surface area contributed by atoms with Gasteiger partial charge in [0, 0.05) is 0 Å². The zero-order chi connectivity index (χ0) is 12.8. The van der Waals surface area contributed by atoms with Crippen LogP contribution in [0.4, 0.5) is 0 Å². The summed E-state index contributed by atoms with van der Waals surface area (Å²) in [5.74, 6) is -0.486. The highest BCUT2D eigenvalue weighted by molar-refractivity contribution is 7.80. The fourth-order valence-electron chi connectivity index (χ4n) is 1.06. The van der Waals surface area contributed by atoms with Crippen LogP contribution in [0.25, 0.3) is 0 Å². The molecule has 17 heavy (non-hydrogen) atoms. The third kappa shape index (κ3) is 4.01. The van der Waals surface area contributed by atoms with Crippen molar-refractivity contribution < 1.29 is 9.53 Å². The Hall–Kier alpha value is -1.66. The number of hydrogen-bond donors (Lipinski definition) is 2. The number of carbonyl (C=O) groups is 1. The van der Waals surface area contributed by atoms with E-state index < -0.39 is 5.97 Å². The highest BCUT2D eigenvalue weighted by Crippen LogP contribution is 2.17. The number of nitrogens with two attached hydrogens (primary N) is 1. The van der Waals surface area contributed by atoms with Gasteiger partial charge in [0.05, 0.1) is 23.9 Å². The van der Waals surface area contributed by atoms with E-state index in [4.69, 9.17) is 17.3 Å². The first-order valence-corrected chi connectivity index (χ1v) is 5.29. The summed E-state index contributed by atoms with van der Waals surface area (Å²) < 4.78 is 4.57. The quantitative estimate of drug-likeness (QED) is 0.375. The van der Waals surface area contributed by atoms with Crippen molar-refractivity contribution in [3.63, 3.8) is 0 Å². The Labute approximate surface area is 109 Å². The van der Waals surface area contributed by atoms with E-state index in [0.29, 0.717) is 11.1 Å². The van der Waals surface area contributed by atoms with E-state index in [1.807, 2.05) is 0 Å². The Bertz CT molecular complexity index is 477. The van der Waals surface area contributed by atoms with Gasteiger partial charge in [0.1, 0.15) is 0 Å². The van der Waals surface area contributed by atoms with Crippen molar-refractivity contribution in [3.8, 4) is 0 Å². The second-order valence-electron chi connectivity index (χ2n) is 2.97. The molecule has 0 fully saturated rings. The van der Waals surface area contributed by atoms with Crippen molar-refractivity contribution in [2.24, 2.45) is 10.8 Å². The number of esters is 1. The van der Waals surface area contributed by atoms with Gasteiger partial charge in [-0.2, -0.15) is 5.10 Å². The van der Waals surface area contributed by atoms with Gasteiger partial charge in [-0.25, -0.2) is 4.79 Å². The van der Waals surface area contributed by atoms with Gasteiger partial charge in [-0.15, -0.1) is 0 Å². The smallest absolute Gasteiger partial charge is 0.339 e. The third-order valence-electron chi connectivity index (χ3n) is 1.79. The van der Waals surface area contributed by atoms with Crippen LogP contribution in [0.15, 0.2) is 23.3 Å². The normalized spacial score (nSPS) is 10.2. The maximum absolute atomic E-state index is 11.3. The van der Waals surface area contributed by atoms with Gasteiger partial charge in [-0.1, -0.05) is 17.7 Å². The molecule has 0 atom stereocenters. The minimum atomic E-state index is -0.486. The molecule has 0 aliphatic heterocycles. The molecule has 0 heterocycles. The summed E-state index contributed by atoms with van der Waals surface area (Å²) in [5.41, 5.74) is 8.59. The zero-order valence-corrected chi connectivity index (χ0v) is 10.5. The summed E-state index contributed by atoms with van der Waals surface area (Å²) >= 11 is 10.5. The molecule has 1 rings (SSSR count). The fourth-order valence-corrected chi connectivity index (χ4v) is 1.38. The highest BCUT2D eigenvalue weighted by Gasteiger charge is 2.09. The van der Waals surface area contributed by atoms with Crippen LogP contribution in [0.3, 0.4) is 0 Å². The first-order chi connectivity index (χ1) is 8.04. The Kier molecular flexibility index (Phi) is 4.86. The largest absolute Gasteiger partial charge is 0.465 e. The number of rotatable bonds is 3. The number of methoxy groups -OCH3 is 1. The molecule has 0 aliphatic carbocycles. The van der Waals surface area contributed by atoms with Crippen LogP contribution in [-0.2, 0) is 4.74 Å². The van der Waals surface area contributed by atoms with E-state index in [2.05, 4.69) is 27.5 Å². The minimum Gasteiger partial charge on any atom is -0.465 e. The van der Waals surface area contributed by atoms with E-state index >= 15 is 0 Å². The van der Waals surface area contributed by atoms with Crippen LogP contribution in [0.2, 0.25) is 5.02 Å². The fraction of sp³-hybridized carbons (Fsp3) is 0.100. The molecule has 0 spiro atoms. The van der Waals surface area contributed by atoms with Gasteiger partial charge >= 0.3 is 5.97 Å². The summed E-state index contributed by atoms with van der Waals surface area (Å²) in [4.78, 5) is 11.3. The second-order valence-corrected chi connectivity index (χ2v) is 3.81.